The molecule has 0 fully saturated rings. The molecule has 0 aliphatic heterocycles. The van der Waals surface area contributed by atoms with Crippen LogP contribution in [0.4, 0.5) is 0 Å². The van der Waals surface area contributed by atoms with Gasteiger partial charge in [-0.25, -0.2) is 4.79 Å². The summed E-state index contributed by atoms with van der Waals surface area (Å²) >= 11 is 0. The Morgan fingerprint density at radius 3 is 2.77 bits per heavy atom. The summed E-state index contributed by atoms with van der Waals surface area (Å²) in [5, 5.41) is 0. The summed E-state index contributed by atoms with van der Waals surface area (Å²) in [6.45, 7) is 5.54. The van der Waals surface area contributed by atoms with Crippen molar-refractivity contribution in [3.63, 3.8) is 0 Å². The first-order chi connectivity index (χ1) is 6.18. The molecule has 76 valence electrons. The molecule has 0 heterocycles. The average molecular weight is 204 g/mol. The average Bonchev–Trinajstić information content (AvgIpc) is 2.10. The second-order valence-corrected chi connectivity index (χ2v) is 3.96. The van der Waals surface area contributed by atoms with Crippen molar-refractivity contribution in [1.82, 2.24) is 0 Å². The Kier molecular flexibility index (Phi) is 7.57. The van der Waals surface area contributed by atoms with Crippen molar-refractivity contribution >= 4 is 15.7 Å². The third-order valence-electron chi connectivity index (χ3n) is 1.32. The topological polar surface area (TPSA) is 44.8 Å². The lowest BCUT2D eigenvalue weighted by molar-refractivity contribution is -0.179. The van der Waals surface area contributed by atoms with Crippen LogP contribution in [0.3, 0.4) is 0 Å². The van der Waals surface area contributed by atoms with Crippen molar-refractivity contribution in [1.29, 1.82) is 0 Å². The highest BCUT2D eigenvalue weighted by Crippen LogP contribution is 1.96. The predicted octanol–water partition coefficient (Wildman–Crippen LogP) is 0.576. The first-order valence-corrected chi connectivity index (χ1v) is 5.74. The molecule has 0 radical (unpaired) electrons. The number of hydrogen-bond donors (Lipinski definition) is 0. The van der Waals surface area contributed by atoms with Gasteiger partial charge < -0.3 is 4.74 Å². The van der Waals surface area contributed by atoms with Crippen molar-refractivity contribution in [2.24, 2.45) is 0 Å². The van der Waals surface area contributed by atoms with E-state index in [2.05, 4.69) is 11.5 Å². The molecule has 0 spiro atoms. The number of carbonyl (C=O) groups excluding carboxylic acids is 1. The van der Waals surface area contributed by atoms with Gasteiger partial charge in [0.25, 0.3) is 0 Å². The molecule has 0 unspecified atom stereocenters. The van der Waals surface area contributed by atoms with E-state index in [1.165, 1.54) is 7.11 Å². The molecule has 0 aliphatic carbocycles. The van der Waals surface area contributed by atoms with Gasteiger partial charge in [0.15, 0.2) is 0 Å². The van der Waals surface area contributed by atoms with Crippen LogP contribution in [0.1, 0.15) is 13.3 Å². The number of carbonyl (C=O) groups is 1. The van der Waals surface area contributed by atoms with E-state index in [1.54, 1.807) is 6.92 Å². The summed E-state index contributed by atoms with van der Waals surface area (Å²) in [5.41, 5.74) is 0.436. The molecule has 0 amide bonds. The summed E-state index contributed by atoms with van der Waals surface area (Å²) < 4.78 is 9.64. The Labute approximate surface area is 80.7 Å². The fraction of sp³-hybridized carbons (Fsp3) is 0.625. The third-order valence-corrected chi connectivity index (χ3v) is 2.51. The molecule has 0 saturated heterocycles. The summed E-state index contributed by atoms with van der Waals surface area (Å²) in [6.07, 6.45) is 0.828. The predicted molar refractivity (Wildman–Crippen MR) is 51.8 cm³/mol. The molecule has 0 N–H and O–H groups in total. The van der Waals surface area contributed by atoms with Crippen LogP contribution >= 0.6 is 0 Å². The quantitative estimate of drug-likeness (QED) is 0.152. The van der Waals surface area contributed by atoms with Crippen LogP contribution in [-0.2, 0) is 19.0 Å². The Morgan fingerprint density at radius 2 is 2.23 bits per heavy atom. The molecule has 0 aromatic carbocycles. The highest BCUT2D eigenvalue weighted by Gasteiger charge is 2.01. The summed E-state index contributed by atoms with van der Waals surface area (Å²) in [7, 11) is 0.905. The minimum atomic E-state index is -0.589. The molecule has 0 atom stereocenters. The van der Waals surface area contributed by atoms with E-state index in [-0.39, 0.29) is 5.97 Å². The fourth-order valence-corrected chi connectivity index (χ4v) is 1.33. The molecular formula is C8H16O4Si. The van der Waals surface area contributed by atoms with Crippen LogP contribution in [0.2, 0.25) is 6.04 Å². The van der Waals surface area contributed by atoms with E-state index >= 15 is 0 Å². The summed E-state index contributed by atoms with van der Waals surface area (Å²) in [4.78, 5) is 15.3. The van der Waals surface area contributed by atoms with E-state index in [4.69, 9.17) is 9.31 Å². The van der Waals surface area contributed by atoms with E-state index in [0.29, 0.717) is 12.2 Å². The lowest BCUT2D eigenvalue weighted by Crippen LogP contribution is -2.07. The van der Waals surface area contributed by atoms with E-state index in [9.17, 15) is 4.79 Å². The van der Waals surface area contributed by atoms with Crippen LogP contribution in [0.25, 0.3) is 0 Å². The van der Waals surface area contributed by atoms with Gasteiger partial charge >= 0.3 is 5.97 Å². The van der Waals surface area contributed by atoms with Crippen molar-refractivity contribution in [2.45, 2.75) is 19.4 Å². The monoisotopic (exact) mass is 204 g/mol. The zero-order valence-electron chi connectivity index (χ0n) is 8.17. The fourth-order valence-electron chi connectivity index (χ4n) is 0.634. The molecule has 5 heteroatoms. The molecule has 0 aromatic heterocycles. The molecular weight excluding hydrogens is 188 g/mol. The number of hydrogen-bond acceptors (Lipinski definition) is 4. The lowest BCUT2D eigenvalue weighted by Gasteiger charge is -2.03. The molecule has 0 bridgehead atoms. The van der Waals surface area contributed by atoms with E-state index in [0.717, 1.165) is 12.5 Å². The standard InChI is InChI=1S/C8H16O4Si/c1-7(2)8(9)11-5-4-6-13-12-10-3/h1,4-6,13H2,2-3H3. The van der Waals surface area contributed by atoms with Crippen LogP contribution in [0.5, 0.6) is 0 Å². The molecule has 0 aliphatic rings. The Morgan fingerprint density at radius 1 is 1.54 bits per heavy atom. The normalized spacial score (nSPS) is 10.6. The van der Waals surface area contributed by atoms with Crippen molar-refractivity contribution in [2.75, 3.05) is 13.7 Å². The molecule has 0 aromatic rings. The maximum absolute atomic E-state index is 10.9. The minimum absolute atomic E-state index is 0.325. The first-order valence-electron chi connectivity index (χ1n) is 4.16. The van der Waals surface area contributed by atoms with Gasteiger partial charge in [-0.05, 0) is 19.4 Å². The molecule has 0 rings (SSSR count). The van der Waals surface area contributed by atoms with Gasteiger partial charge in [0.05, 0.1) is 13.7 Å². The summed E-state index contributed by atoms with van der Waals surface area (Å²) in [6, 6.07) is 0.942. The Balaban J connectivity index is 3.16. The van der Waals surface area contributed by atoms with Gasteiger partial charge in [-0.15, -0.1) is 0 Å². The van der Waals surface area contributed by atoms with Crippen molar-refractivity contribution < 1.29 is 19.0 Å². The van der Waals surface area contributed by atoms with Gasteiger partial charge in [0.1, 0.15) is 0 Å². The van der Waals surface area contributed by atoms with Gasteiger partial charge in [0, 0.05) is 5.57 Å². The second-order valence-electron chi connectivity index (χ2n) is 2.61. The maximum Gasteiger partial charge on any atom is 0.333 e. The van der Waals surface area contributed by atoms with Crippen LogP contribution in [-0.4, -0.2) is 29.4 Å². The first kappa shape index (κ1) is 12.3. The third kappa shape index (κ3) is 7.70. The Bertz CT molecular complexity index is 170. The molecule has 0 saturated carbocycles. The maximum atomic E-state index is 10.9. The number of esters is 1. The second kappa shape index (κ2) is 7.97. The largest absolute Gasteiger partial charge is 0.462 e. The SMILES string of the molecule is C=C(C)C(=O)OCCC[SiH2]OOC. The van der Waals surface area contributed by atoms with Crippen LogP contribution in [0.15, 0.2) is 12.2 Å². The van der Waals surface area contributed by atoms with Crippen LogP contribution in [0, 0.1) is 0 Å². The van der Waals surface area contributed by atoms with Gasteiger partial charge in [0.2, 0.25) is 9.76 Å². The zero-order chi connectivity index (χ0) is 10.1. The van der Waals surface area contributed by atoms with Gasteiger partial charge in [-0.3, -0.25) is 9.46 Å². The zero-order valence-corrected chi connectivity index (χ0v) is 9.58. The Hall–Kier alpha value is -0.653. The number of rotatable bonds is 7. The van der Waals surface area contributed by atoms with Crippen molar-refractivity contribution in [3.05, 3.63) is 12.2 Å². The van der Waals surface area contributed by atoms with Gasteiger partial charge in [-0.2, -0.15) is 0 Å². The number of ether oxygens (including phenoxy) is 1. The van der Waals surface area contributed by atoms with Gasteiger partial charge in [-0.1, -0.05) is 6.58 Å². The molecule has 13 heavy (non-hydrogen) atoms. The summed E-state index contributed by atoms with van der Waals surface area (Å²) in [5.74, 6) is -0.325. The highest BCUT2D eigenvalue weighted by atomic mass is 28.2. The smallest absolute Gasteiger partial charge is 0.333 e. The van der Waals surface area contributed by atoms with E-state index in [1.807, 2.05) is 0 Å². The molecule has 4 nitrogen and oxygen atoms in total. The minimum Gasteiger partial charge on any atom is -0.462 e. The lowest BCUT2D eigenvalue weighted by atomic mass is 10.4. The van der Waals surface area contributed by atoms with E-state index < -0.39 is 9.76 Å². The highest BCUT2D eigenvalue weighted by molar-refractivity contribution is 6.26. The van der Waals surface area contributed by atoms with Crippen molar-refractivity contribution in [3.8, 4) is 0 Å². The van der Waals surface area contributed by atoms with Crippen LogP contribution < -0.4 is 0 Å².